The van der Waals surface area contributed by atoms with Crippen LogP contribution in [-0.4, -0.2) is 28.2 Å². The summed E-state index contributed by atoms with van der Waals surface area (Å²) < 4.78 is 4.54. The fourth-order valence-electron chi connectivity index (χ4n) is 0.531. The van der Waals surface area contributed by atoms with Crippen LogP contribution in [-0.2, 0) is 14.3 Å². The number of carboxylic acid groups (broad SMARTS) is 1. The number of thioether (sulfide) groups is 1. The van der Waals surface area contributed by atoms with Crippen LogP contribution >= 0.6 is 11.8 Å². The van der Waals surface area contributed by atoms with E-state index in [2.05, 4.69) is 4.74 Å². The summed E-state index contributed by atoms with van der Waals surface area (Å²) in [5.41, 5.74) is -1.05. The van der Waals surface area contributed by atoms with Crippen molar-refractivity contribution < 1.29 is 19.4 Å². The van der Waals surface area contributed by atoms with E-state index in [1.54, 1.807) is 0 Å². The molecule has 1 unspecified atom stereocenters. The van der Waals surface area contributed by atoms with Gasteiger partial charge in [-0.1, -0.05) is 6.92 Å². The zero-order valence-corrected chi connectivity index (χ0v) is 7.89. The maximum absolute atomic E-state index is 10.4. The zero-order valence-electron chi connectivity index (χ0n) is 7.07. The molecule has 0 aromatic heterocycles. The fraction of sp³-hybridized carbons (Fsp3) is 0.714. The summed E-state index contributed by atoms with van der Waals surface area (Å²) >= 11 is 1.12. The number of rotatable bonds is 5. The van der Waals surface area contributed by atoms with Crippen molar-refractivity contribution in [3.8, 4) is 0 Å². The van der Waals surface area contributed by atoms with Gasteiger partial charge in [-0.05, 0) is 12.2 Å². The molecule has 1 N–H and O–H groups in total. The minimum atomic E-state index is -1.11. The molecular formula is C7H12O4S. The third kappa shape index (κ3) is 5.01. The number of carbonyl (C=O) groups is 2. The second-order valence-electron chi connectivity index (χ2n) is 2.15. The first-order valence-electron chi connectivity index (χ1n) is 3.59. The van der Waals surface area contributed by atoms with Crippen LogP contribution in [0.1, 0.15) is 20.3 Å². The van der Waals surface area contributed by atoms with Crippen LogP contribution in [0.25, 0.3) is 0 Å². The minimum Gasteiger partial charge on any atom is -0.478 e. The van der Waals surface area contributed by atoms with E-state index in [0.29, 0.717) is 5.75 Å². The van der Waals surface area contributed by atoms with Crippen LogP contribution in [0.15, 0.2) is 0 Å². The van der Waals surface area contributed by atoms with Gasteiger partial charge in [-0.3, -0.25) is 4.79 Å². The molecule has 4 nitrogen and oxygen atoms in total. The first-order chi connectivity index (χ1) is 5.57. The zero-order chi connectivity index (χ0) is 9.56. The van der Waals surface area contributed by atoms with Crippen molar-refractivity contribution >= 4 is 23.7 Å². The molecule has 0 aliphatic carbocycles. The summed E-state index contributed by atoms with van der Waals surface area (Å²) in [6.07, 6.45) is 0.857. The Hall–Kier alpha value is -0.710. The van der Waals surface area contributed by atoms with Crippen LogP contribution in [0.4, 0.5) is 0 Å². The van der Waals surface area contributed by atoms with Crippen LogP contribution in [0.2, 0.25) is 0 Å². The molecule has 0 saturated heterocycles. The van der Waals surface area contributed by atoms with Gasteiger partial charge in [-0.2, -0.15) is 0 Å². The highest BCUT2D eigenvalue weighted by Crippen LogP contribution is 2.13. The second kappa shape index (κ2) is 5.88. The summed E-state index contributed by atoms with van der Waals surface area (Å²) in [5.74, 6) is -1.00. The lowest BCUT2D eigenvalue weighted by atomic mass is 10.6. The Balaban J connectivity index is 3.87. The van der Waals surface area contributed by atoms with Gasteiger partial charge in [0.05, 0.1) is 0 Å². The Bertz CT molecular complexity index is 169. The SMILES string of the molecule is CCCSC(OC(C)=O)C(=O)O. The number of hydrogen-bond donors (Lipinski definition) is 1. The number of hydrogen-bond acceptors (Lipinski definition) is 4. The molecular weight excluding hydrogens is 180 g/mol. The average molecular weight is 192 g/mol. The minimum absolute atomic E-state index is 0.564. The van der Waals surface area contributed by atoms with Gasteiger partial charge in [0.1, 0.15) is 0 Å². The standard InChI is InChI=1S/C7H12O4S/c1-3-4-12-7(6(9)10)11-5(2)8/h7H,3-4H2,1-2H3,(H,9,10). The van der Waals surface area contributed by atoms with E-state index in [9.17, 15) is 9.59 Å². The van der Waals surface area contributed by atoms with Crippen molar-refractivity contribution in [2.24, 2.45) is 0 Å². The van der Waals surface area contributed by atoms with E-state index in [-0.39, 0.29) is 0 Å². The van der Waals surface area contributed by atoms with Crippen LogP contribution < -0.4 is 0 Å². The fourth-order valence-corrected chi connectivity index (χ4v) is 1.33. The molecule has 0 aromatic carbocycles. The van der Waals surface area contributed by atoms with E-state index >= 15 is 0 Å². The Morgan fingerprint density at radius 2 is 2.17 bits per heavy atom. The lowest BCUT2D eigenvalue weighted by Gasteiger charge is -2.10. The maximum atomic E-state index is 10.4. The van der Waals surface area contributed by atoms with Gasteiger partial charge in [0.15, 0.2) is 0 Å². The van der Waals surface area contributed by atoms with Crippen LogP contribution in [0, 0.1) is 0 Å². The highest BCUT2D eigenvalue weighted by molar-refractivity contribution is 8.00. The molecule has 0 amide bonds. The number of esters is 1. The molecule has 0 saturated carbocycles. The smallest absolute Gasteiger partial charge is 0.355 e. The Morgan fingerprint density at radius 3 is 2.50 bits per heavy atom. The van der Waals surface area contributed by atoms with Gasteiger partial charge in [0, 0.05) is 6.92 Å². The second-order valence-corrected chi connectivity index (χ2v) is 3.32. The summed E-state index contributed by atoms with van der Waals surface area (Å²) in [6.45, 7) is 3.13. The molecule has 12 heavy (non-hydrogen) atoms. The number of ether oxygens (including phenoxy) is 1. The summed E-state index contributed by atoms with van der Waals surface area (Å²) in [7, 11) is 0. The van der Waals surface area contributed by atoms with E-state index in [0.717, 1.165) is 18.2 Å². The van der Waals surface area contributed by atoms with Crippen LogP contribution in [0.5, 0.6) is 0 Å². The van der Waals surface area contributed by atoms with Crippen molar-refractivity contribution in [3.63, 3.8) is 0 Å². The van der Waals surface area contributed by atoms with Crippen molar-refractivity contribution in [2.45, 2.75) is 25.7 Å². The van der Waals surface area contributed by atoms with Gasteiger partial charge >= 0.3 is 11.9 Å². The van der Waals surface area contributed by atoms with E-state index in [1.807, 2.05) is 6.92 Å². The predicted molar refractivity (Wildman–Crippen MR) is 45.9 cm³/mol. The molecule has 0 aromatic rings. The Labute approximate surface area is 75.3 Å². The Kier molecular flexibility index (Phi) is 5.53. The highest BCUT2D eigenvalue weighted by atomic mass is 32.2. The quantitative estimate of drug-likeness (QED) is 0.522. The molecule has 0 radical (unpaired) electrons. The maximum Gasteiger partial charge on any atom is 0.355 e. The average Bonchev–Trinajstić information content (AvgIpc) is 1.96. The number of carbonyl (C=O) groups excluding carboxylic acids is 1. The van der Waals surface area contributed by atoms with Crippen molar-refractivity contribution in [3.05, 3.63) is 0 Å². The third-order valence-corrected chi connectivity index (χ3v) is 2.19. The summed E-state index contributed by atoms with van der Waals surface area (Å²) in [6, 6.07) is 0. The molecule has 0 aliphatic heterocycles. The largest absolute Gasteiger partial charge is 0.478 e. The summed E-state index contributed by atoms with van der Waals surface area (Å²) in [4.78, 5) is 20.9. The molecule has 5 heteroatoms. The van der Waals surface area contributed by atoms with Crippen LogP contribution in [0.3, 0.4) is 0 Å². The van der Waals surface area contributed by atoms with Crippen molar-refractivity contribution in [1.82, 2.24) is 0 Å². The third-order valence-electron chi connectivity index (χ3n) is 0.948. The Morgan fingerprint density at radius 1 is 1.58 bits per heavy atom. The monoisotopic (exact) mass is 192 g/mol. The highest BCUT2D eigenvalue weighted by Gasteiger charge is 2.19. The van der Waals surface area contributed by atoms with E-state index < -0.39 is 17.4 Å². The molecule has 0 bridgehead atoms. The lowest BCUT2D eigenvalue weighted by molar-refractivity contribution is -0.156. The molecule has 0 heterocycles. The molecule has 0 rings (SSSR count). The molecule has 70 valence electrons. The molecule has 0 spiro atoms. The predicted octanol–water partition coefficient (Wildman–Crippen LogP) is 1.10. The lowest BCUT2D eigenvalue weighted by Crippen LogP contribution is -2.22. The van der Waals surface area contributed by atoms with Crippen molar-refractivity contribution in [1.29, 1.82) is 0 Å². The molecule has 0 fully saturated rings. The first-order valence-corrected chi connectivity index (χ1v) is 4.64. The van der Waals surface area contributed by atoms with Gasteiger partial charge in [0.2, 0.25) is 5.44 Å². The van der Waals surface area contributed by atoms with Gasteiger partial charge in [-0.25, -0.2) is 4.79 Å². The van der Waals surface area contributed by atoms with E-state index in [1.165, 1.54) is 6.92 Å². The van der Waals surface area contributed by atoms with Gasteiger partial charge in [0.25, 0.3) is 0 Å². The van der Waals surface area contributed by atoms with E-state index in [4.69, 9.17) is 5.11 Å². The molecule has 1 atom stereocenters. The normalized spacial score (nSPS) is 12.2. The topological polar surface area (TPSA) is 63.6 Å². The first kappa shape index (κ1) is 11.3. The van der Waals surface area contributed by atoms with Gasteiger partial charge in [-0.15, -0.1) is 11.8 Å². The van der Waals surface area contributed by atoms with Gasteiger partial charge < -0.3 is 9.84 Å². The number of carboxylic acids is 1. The summed E-state index contributed by atoms with van der Waals surface area (Å²) in [5, 5.41) is 8.55. The van der Waals surface area contributed by atoms with Crippen molar-refractivity contribution in [2.75, 3.05) is 5.75 Å². The number of aliphatic carboxylic acids is 1. The molecule has 0 aliphatic rings.